The Hall–Kier alpha value is -2.18. The smallest absolute Gasteiger partial charge is 0.256 e. The number of nitrogens with zero attached hydrogens (tertiary/aromatic N) is 3. The first-order valence-corrected chi connectivity index (χ1v) is 7.21. The van der Waals surface area contributed by atoms with Crippen LogP contribution in [0.1, 0.15) is 10.4 Å². The minimum atomic E-state index is -0.273. The number of benzene rings is 1. The lowest BCUT2D eigenvalue weighted by atomic mass is 10.2. The topological polar surface area (TPSA) is 70.2 Å². The summed E-state index contributed by atoms with van der Waals surface area (Å²) in [7, 11) is 4.00. The molecule has 1 aromatic carbocycles. The summed E-state index contributed by atoms with van der Waals surface area (Å²) in [6, 6.07) is 10.2. The van der Waals surface area contributed by atoms with Crippen molar-refractivity contribution in [2.45, 2.75) is 0 Å². The number of carbonyl (C=O) groups excluding carboxylic acids is 1. The van der Waals surface area contributed by atoms with E-state index in [1.807, 2.05) is 14.1 Å². The number of aromatic nitrogens is 2. The van der Waals surface area contributed by atoms with Crippen molar-refractivity contribution in [1.82, 2.24) is 15.1 Å². The Labute approximate surface area is 134 Å². The van der Waals surface area contributed by atoms with Gasteiger partial charge in [0.15, 0.2) is 5.82 Å². The van der Waals surface area contributed by atoms with Crippen LogP contribution in [0.2, 0.25) is 5.02 Å². The molecule has 1 amide bonds. The maximum atomic E-state index is 12.0. The highest BCUT2D eigenvalue weighted by Crippen LogP contribution is 2.13. The minimum absolute atomic E-state index is 0.273. The number of nitrogens with one attached hydrogen (secondary N) is 2. The largest absolute Gasteiger partial charge is 0.367 e. The lowest BCUT2D eigenvalue weighted by Gasteiger charge is -2.10. The van der Waals surface area contributed by atoms with E-state index in [-0.39, 0.29) is 5.91 Å². The lowest BCUT2D eigenvalue weighted by molar-refractivity contribution is 0.102. The summed E-state index contributed by atoms with van der Waals surface area (Å²) in [5, 5.41) is 14.3. The van der Waals surface area contributed by atoms with E-state index < -0.39 is 0 Å². The van der Waals surface area contributed by atoms with Crippen LogP contribution < -0.4 is 10.6 Å². The highest BCUT2D eigenvalue weighted by Gasteiger charge is 2.07. The second-order valence-corrected chi connectivity index (χ2v) is 5.43. The summed E-state index contributed by atoms with van der Waals surface area (Å²) < 4.78 is 0. The van der Waals surface area contributed by atoms with Crippen LogP contribution in [-0.4, -0.2) is 48.2 Å². The van der Waals surface area contributed by atoms with E-state index in [1.54, 1.807) is 36.4 Å². The van der Waals surface area contributed by atoms with E-state index >= 15 is 0 Å². The number of hydrogen-bond acceptors (Lipinski definition) is 5. The second-order valence-electron chi connectivity index (χ2n) is 5.00. The molecule has 0 radical (unpaired) electrons. The van der Waals surface area contributed by atoms with Gasteiger partial charge < -0.3 is 15.5 Å². The van der Waals surface area contributed by atoms with E-state index in [9.17, 15) is 4.79 Å². The predicted octanol–water partition coefficient (Wildman–Crippen LogP) is 2.36. The van der Waals surface area contributed by atoms with E-state index in [4.69, 9.17) is 11.6 Å². The Kier molecular flexibility index (Phi) is 5.68. The maximum absolute atomic E-state index is 12.0. The average Bonchev–Trinajstić information content (AvgIpc) is 2.48. The summed E-state index contributed by atoms with van der Waals surface area (Å²) >= 11 is 5.86. The zero-order chi connectivity index (χ0) is 15.9. The molecule has 2 N–H and O–H groups in total. The molecule has 0 aliphatic carbocycles. The van der Waals surface area contributed by atoms with Crippen molar-refractivity contribution in [3.05, 3.63) is 47.0 Å². The lowest BCUT2D eigenvalue weighted by Crippen LogP contribution is -2.21. The summed E-state index contributed by atoms with van der Waals surface area (Å²) in [5.41, 5.74) is 0.475. The highest BCUT2D eigenvalue weighted by molar-refractivity contribution is 6.31. The minimum Gasteiger partial charge on any atom is -0.367 e. The number of likely N-dealkylation sites (N-methyl/N-ethyl adjacent to an activating group) is 1. The number of halogens is 1. The van der Waals surface area contributed by atoms with Gasteiger partial charge in [-0.1, -0.05) is 17.7 Å². The van der Waals surface area contributed by atoms with Gasteiger partial charge in [0.2, 0.25) is 0 Å². The third-order valence-corrected chi connectivity index (χ3v) is 3.09. The quantitative estimate of drug-likeness (QED) is 0.855. The molecule has 0 saturated heterocycles. The fraction of sp³-hybridized carbons (Fsp3) is 0.267. The molecule has 2 aromatic rings. The van der Waals surface area contributed by atoms with Gasteiger partial charge in [-0.2, -0.15) is 0 Å². The molecule has 0 aliphatic rings. The van der Waals surface area contributed by atoms with E-state index in [0.717, 1.165) is 13.1 Å². The molecular weight excluding hydrogens is 302 g/mol. The molecule has 1 aromatic heterocycles. The van der Waals surface area contributed by atoms with Crippen molar-refractivity contribution < 1.29 is 4.79 Å². The normalized spacial score (nSPS) is 10.5. The summed E-state index contributed by atoms with van der Waals surface area (Å²) in [6.45, 7) is 1.67. The fourth-order valence-corrected chi connectivity index (χ4v) is 1.91. The number of amides is 1. The molecule has 6 nitrogen and oxygen atoms in total. The molecule has 22 heavy (non-hydrogen) atoms. The van der Waals surface area contributed by atoms with Gasteiger partial charge in [0, 0.05) is 23.7 Å². The first-order chi connectivity index (χ1) is 10.5. The maximum Gasteiger partial charge on any atom is 0.256 e. The first-order valence-electron chi connectivity index (χ1n) is 6.84. The highest BCUT2D eigenvalue weighted by atomic mass is 35.5. The fourth-order valence-electron chi connectivity index (χ4n) is 1.72. The standard InChI is InChI=1S/C15H18ClN5O/c1-21(2)9-8-17-13-6-7-14(20-19-13)18-15(22)11-4-3-5-12(16)10-11/h3-7,10H,8-9H2,1-2H3,(H,17,19)(H,18,20,22). The van der Waals surface area contributed by atoms with Gasteiger partial charge in [-0.3, -0.25) is 4.79 Å². The molecule has 0 aliphatic heterocycles. The summed E-state index contributed by atoms with van der Waals surface area (Å²) in [6.07, 6.45) is 0. The zero-order valence-electron chi connectivity index (χ0n) is 12.5. The third-order valence-electron chi connectivity index (χ3n) is 2.86. The van der Waals surface area contributed by atoms with Crippen molar-refractivity contribution in [3.63, 3.8) is 0 Å². The molecule has 2 rings (SSSR count). The zero-order valence-corrected chi connectivity index (χ0v) is 13.3. The molecule has 1 heterocycles. The van der Waals surface area contributed by atoms with E-state index in [0.29, 0.717) is 22.2 Å². The van der Waals surface area contributed by atoms with Crippen molar-refractivity contribution in [3.8, 4) is 0 Å². The number of hydrogen-bond donors (Lipinski definition) is 2. The Bertz CT molecular complexity index is 630. The second kappa shape index (κ2) is 7.72. The van der Waals surface area contributed by atoms with Gasteiger partial charge in [-0.05, 0) is 44.4 Å². The van der Waals surface area contributed by atoms with E-state index in [1.165, 1.54) is 0 Å². The van der Waals surface area contributed by atoms with Crippen LogP contribution in [0.3, 0.4) is 0 Å². The monoisotopic (exact) mass is 319 g/mol. The number of anilines is 2. The summed E-state index contributed by atoms with van der Waals surface area (Å²) in [5.74, 6) is 0.788. The molecule has 0 spiro atoms. The van der Waals surface area contributed by atoms with Crippen LogP contribution in [0.4, 0.5) is 11.6 Å². The molecule has 0 unspecified atom stereocenters. The van der Waals surface area contributed by atoms with Gasteiger partial charge in [-0.15, -0.1) is 10.2 Å². The molecule has 116 valence electrons. The Morgan fingerprint density at radius 1 is 1.18 bits per heavy atom. The number of carbonyl (C=O) groups is 1. The Morgan fingerprint density at radius 2 is 1.91 bits per heavy atom. The van der Waals surface area contributed by atoms with E-state index in [2.05, 4.69) is 25.7 Å². The van der Waals surface area contributed by atoms with Crippen LogP contribution in [0, 0.1) is 0 Å². The van der Waals surface area contributed by atoms with Crippen molar-refractivity contribution in [2.75, 3.05) is 37.8 Å². The van der Waals surface area contributed by atoms with Crippen molar-refractivity contribution in [1.29, 1.82) is 0 Å². The van der Waals surface area contributed by atoms with Gasteiger partial charge in [0.1, 0.15) is 5.82 Å². The van der Waals surface area contributed by atoms with Gasteiger partial charge in [0.25, 0.3) is 5.91 Å². The molecule has 0 fully saturated rings. The average molecular weight is 320 g/mol. The van der Waals surface area contributed by atoms with Crippen LogP contribution in [0.5, 0.6) is 0 Å². The van der Waals surface area contributed by atoms with Gasteiger partial charge in [-0.25, -0.2) is 0 Å². The van der Waals surface area contributed by atoms with Crippen LogP contribution in [-0.2, 0) is 0 Å². The number of rotatable bonds is 6. The van der Waals surface area contributed by atoms with Gasteiger partial charge >= 0.3 is 0 Å². The predicted molar refractivity (Wildman–Crippen MR) is 88.5 cm³/mol. The Morgan fingerprint density at radius 3 is 2.55 bits per heavy atom. The van der Waals surface area contributed by atoms with Crippen LogP contribution in [0.25, 0.3) is 0 Å². The molecule has 0 saturated carbocycles. The first kappa shape index (κ1) is 16.2. The third kappa shape index (κ3) is 4.98. The molecule has 0 bridgehead atoms. The Balaban J connectivity index is 1.92. The molecule has 0 atom stereocenters. The van der Waals surface area contributed by atoms with Crippen molar-refractivity contribution in [2.24, 2.45) is 0 Å². The molecular formula is C15H18ClN5O. The van der Waals surface area contributed by atoms with Crippen molar-refractivity contribution >= 4 is 29.1 Å². The van der Waals surface area contributed by atoms with Crippen LogP contribution >= 0.6 is 11.6 Å². The molecule has 7 heteroatoms. The van der Waals surface area contributed by atoms with Crippen LogP contribution in [0.15, 0.2) is 36.4 Å². The summed E-state index contributed by atoms with van der Waals surface area (Å²) in [4.78, 5) is 14.1. The van der Waals surface area contributed by atoms with Gasteiger partial charge in [0.05, 0.1) is 0 Å². The SMILES string of the molecule is CN(C)CCNc1ccc(NC(=O)c2cccc(Cl)c2)nn1.